The summed E-state index contributed by atoms with van der Waals surface area (Å²) in [4.78, 5) is 72.8. The van der Waals surface area contributed by atoms with E-state index in [4.69, 9.17) is 37.0 Å². The van der Waals surface area contributed by atoms with Gasteiger partial charge in [0, 0.05) is 25.7 Å². The van der Waals surface area contributed by atoms with Gasteiger partial charge < -0.3 is 33.8 Å². The lowest BCUT2D eigenvalue weighted by Crippen LogP contribution is -2.30. The van der Waals surface area contributed by atoms with E-state index in [2.05, 4.69) is 34.6 Å². The molecule has 96 heavy (non-hydrogen) atoms. The van der Waals surface area contributed by atoms with E-state index in [0.29, 0.717) is 25.7 Å². The average Bonchev–Trinajstić information content (AvgIpc) is 1.26. The van der Waals surface area contributed by atoms with Crippen LogP contribution in [0, 0.1) is 5.92 Å². The molecule has 0 fully saturated rings. The third-order valence-corrected chi connectivity index (χ3v) is 19.9. The fourth-order valence-corrected chi connectivity index (χ4v) is 13.5. The Bertz CT molecular complexity index is 1840. The number of esters is 4. The van der Waals surface area contributed by atoms with E-state index in [-0.39, 0.29) is 25.7 Å². The van der Waals surface area contributed by atoms with Gasteiger partial charge >= 0.3 is 39.5 Å². The van der Waals surface area contributed by atoms with Gasteiger partial charge in [-0.15, -0.1) is 0 Å². The van der Waals surface area contributed by atoms with E-state index in [0.717, 1.165) is 95.8 Å². The van der Waals surface area contributed by atoms with Crippen LogP contribution in [0.5, 0.6) is 0 Å². The third-order valence-electron chi connectivity index (χ3n) is 18.0. The van der Waals surface area contributed by atoms with Crippen molar-refractivity contribution in [2.75, 3.05) is 39.6 Å². The molecule has 0 radical (unpaired) electrons. The molecule has 0 aromatic rings. The van der Waals surface area contributed by atoms with Crippen LogP contribution < -0.4 is 0 Å². The van der Waals surface area contributed by atoms with Crippen LogP contribution in [-0.2, 0) is 65.4 Å². The summed E-state index contributed by atoms with van der Waals surface area (Å²) in [6.45, 7) is 7.32. The molecule has 2 unspecified atom stereocenters. The second-order valence-corrected chi connectivity index (χ2v) is 31.1. The summed E-state index contributed by atoms with van der Waals surface area (Å²) in [6.07, 6.45) is 59.5. The van der Waals surface area contributed by atoms with Crippen molar-refractivity contribution in [3.63, 3.8) is 0 Å². The maximum Gasteiger partial charge on any atom is 0.472 e. The molecule has 0 bridgehead atoms. The van der Waals surface area contributed by atoms with Crippen molar-refractivity contribution in [3.05, 3.63) is 0 Å². The summed E-state index contributed by atoms with van der Waals surface area (Å²) >= 11 is 0. The Kier molecular flexibility index (Phi) is 68.7. The lowest BCUT2D eigenvalue weighted by molar-refractivity contribution is -0.161. The van der Waals surface area contributed by atoms with E-state index in [1.807, 2.05) is 0 Å². The van der Waals surface area contributed by atoms with E-state index in [9.17, 15) is 43.2 Å². The lowest BCUT2D eigenvalue weighted by Gasteiger charge is -2.21. The number of carbonyl (C=O) groups excluding carboxylic acids is 4. The number of aliphatic hydroxyl groups excluding tert-OH is 1. The number of unbranched alkanes of at least 4 members (excludes halogenated alkanes) is 49. The van der Waals surface area contributed by atoms with Crippen molar-refractivity contribution in [2.24, 2.45) is 5.92 Å². The maximum absolute atomic E-state index is 13.1. The Balaban J connectivity index is 5.22. The second kappa shape index (κ2) is 70.1. The monoisotopic (exact) mass is 1410 g/mol. The molecule has 0 aliphatic carbocycles. The van der Waals surface area contributed by atoms with Crippen molar-refractivity contribution < 1.29 is 80.2 Å². The summed E-state index contributed by atoms with van der Waals surface area (Å²) in [6, 6.07) is 0. The fraction of sp³-hybridized carbons (Fsp3) is 0.948. The Labute approximate surface area is 588 Å². The first-order valence-electron chi connectivity index (χ1n) is 40.1. The van der Waals surface area contributed by atoms with Crippen LogP contribution in [0.25, 0.3) is 0 Å². The average molecular weight is 1410 g/mol. The highest BCUT2D eigenvalue weighted by Gasteiger charge is 2.30. The van der Waals surface area contributed by atoms with Crippen LogP contribution in [0.3, 0.4) is 0 Å². The SMILES string of the molecule is CCCCCCCCCCCCCCCCCC(=O)OC[C@H](COP(=O)(O)OC[C@@H](O)COP(=O)(O)OC[C@@H](COC(=O)CCCCCCCCCCC)OC(=O)CCCCCCCCCCCCCCC)OC(=O)CCCCCCCCCCCCCCCCCCC(C)C. The molecule has 0 saturated carbocycles. The molecule has 17 nitrogen and oxygen atoms in total. The minimum Gasteiger partial charge on any atom is -0.462 e. The zero-order valence-corrected chi connectivity index (χ0v) is 64.3. The van der Waals surface area contributed by atoms with Gasteiger partial charge in [-0.1, -0.05) is 356 Å². The summed E-state index contributed by atoms with van der Waals surface area (Å²) in [5.41, 5.74) is 0. The first kappa shape index (κ1) is 94.1. The molecule has 0 aliphatic rings. The quantitative estimate of drug-likeness (QED) is 0.0222. The Morgan fingerprint density at radius 2 is 0.479 bits per heavy atom. The fourth-order valence-electron chi connectivity index (χ4n) is 11.9. The highest BCUT2D eigenvalue weighted by atomic mass is 31.2. The van der Waals surface area contributed by atoms with Crippen LogP contribution in [0.2, 0.25) is 0 Å². The lowest BCUT2D eigenvalue weighted by atomic mass is 10.0. The van der Waals surface area contributed by atoms with Crippen molar-refractivity contribution in [3.8, 4) is 0 Å². The molecule has 0 spiro atoms. The second-order valence-electron chi connectivity index (χ2n) is 28.2. The van der Waals surface area contributed by atoms with Gasteiger partial charge in [0.25, 0.3) is 0 Å². The molecule has 0 amide bonds. The largest absolute Gasteiger partial charge is 0.472 e. The number of aliphatic hydroxyl groups is 1. The summed E-state index contributed by atoms with van der Waals surface area (Å²) < 4.78 is 68.5. The number of rotatable bonds is 77. The molecule has 0 saturated heterocycles. The van der Waals surface area contributed by atoms with Gasteiger partial charge in [-0.05, 0) is 31.6 Å². The minimum absolute atomic E-state index is 0.108. The summed E-state index contributed by atoms with van der Waals surface area (Å²) in [7, 11) is -9.91. The molecule has 0 aliphatic heterocycles. The van der Waals surface area contributed by atoms with Gasteiger partial charge in [0.05, 0.1) is 26.4 Å². The smallest absolute Gasteiger partial charge is 0.462 e. The molecule has 0 aromatic carbocycles. The van der Waals surface area contributed by atoms with Gasteiger partial charge in [0.1, 0.15) is 19.3 Å². The van der Waals surface area contributed by atoms with Gasteiger partial charge in [0.2, 0.25) is 0 Å². The van der Waals surface area contributed by atoms with Crippen molar-refractivity contribution in [1.29, 1.82) is 0 Å². The Morgan fingerprint density at radius 1 is 0.281 bits per heavy atom. The molecule has 5 atom stereocenters. The first-order chi connectivity index (χ1) is 46.5. The molecular formula is C77H150O17P2. The summed E-state index contributed by atoms with van der Waals surface area (Å²) in [5.74, 6) is -1.30. The van der Waals surface area contributed by atoms with E-state index in [1.165, 1.54) is 231 Å². The van der Waals surface area contributed by atoms with Crippen LogP contribution in [0.1, 0.15) is 407 Å². The van der Waals surface area contributed by atoms with Crippen LogP contribution >= 0.6 is 15.6 Å². The van der Waals surface area contributed by atoms with Gasteiger partial charge in [-0.25, -0.2) is 9.13 Å². The van der Waals surface area contributed by atoms with Crippen LogP contribution in [0.4, 0.5) is 0 Å². The van der Waals surface area contributed by atoms with E-state index >= 15 is 0 Å². The van der Waals surface area contributed by atoms with Crippen molar-refractivity contribution in [2.45, 2.75) is 425 Å². The zero-order valence-electron chi connectivity index (χ0n) is 62.5. The van der Waals surface area contributed by atoms with Gasteiger partial charge in [-0.2, -0.15) is 0 Å². The standard InChI is InChI=1S/C77H150O17P2/c1-6-9-12-15-18-21-23-25-28-33-36-41-46-51-56-61-75(80)88-67-73(94-77(82)63-58-53-48-43-38-34-30-27-26-29-32-35-40-44-49-54-59-70(4)5)69-92-96(85,86)90-65-71(78)64-89-95(83,84)91-68-72(66-87-74(79)60-55-50-45-39-20-17-14-11-8-3)93-76(81)62-57-52-47-42-37-31-24-22-19-16-13-10-7-2/h70-73,78H,6-69H2,1-5H3,(H,83,84)(H,85,86)/t71-,72+,73+/m0/s1. The minimum atomic E-state index is -4.96. The number of phosphoric ester groups is 2. The number of ether oxygens (including phenoxy) is 4. The van der Waals surface area contributed by atoms with Gasteiger partial charge in [-0.3, -0.25) is 37.3 Å². The highest BCUT2D eigenvalue weighted by Crippen LogP contribution is 2.45. The molecule has 19 heteroatoms. The molecule has 0 aromatic heterocycles. The number of hydrogen-bond donors (Lipinski definition) is 3. The topological polar surface area (TPSA) is 237 Å². The van der Waals surface area contributed by atoms with Crippen LogP contribution in [-0.4, -0.2) is 96.7 Å². The number of hydrogen-bond acceptors (Lipinski definition) is 15. The van der Waals surface area contributed by atoms with E-state index < -0.39 is 97.5 Å². The van der Waals surface area contributed by atoms with Crippen molar-refractivity contribution >= 4 is 39.5 Å². The molecule has 3 N–H and O–H groups in total. The molecular weight excluding hydrogens is 1260 g/mol. The molecule has 0 rings (SSSR count). The van der Waals surface area contributed by atoms with E-state index in [1.54, 1.807) is 0 Å². The maximum atomic E-state index is 13.1. The normalized spacial score (nSPS) is 13.9. The molecule has 0 heterocycles. The predicted molar refractivity (Wildman–Crippen MR) is 391 cm³/mol. The third kappa shape index (κ3) is 70.5. The number of phosphoric acid groups is 2. The predicted octanol–water partition coefficient (Wildman–Crippen LogP) is 22.9. The summed E-state index contributed by atoms with van der Waals surface area (Å²) in [5, 5.41) is 10.6. The Morgan fingerprint density at radius 3 is 0.708 bits per heavy atom. The first-order valence-corrected chi connectivity index (χ1v) is 43.1. The highest BCUT2D eigenvalue weighted by molar-refractivity contribution is 7.47. The van der Waals surface area contributed by atoms with Crippen molar-refractivity contribution in [1.82, 2.24) is 0 Å². The molecule has 570 valence electrons. The zero-order chi connectivity index (χ0) is 70.5. The number of carbonyl (C=O) groups is 4. The van der Waals surface area contributed by atoms with Gasteiger partial charge in [0.15, 0.2) is 12.2 Å². The Hall–Kier alpha value is -1.94. The van der Waals surface area contributed by atoms with Crippen LogP contribution in [0.15, 0.2) is 0 Å².